The van der Waals surface area contributed by atoms with E-state index in [4.69, 9.17) is 16.3 Å². The largest absolute Gasteiger partial charge is 0.431 e. The summed E-state index contributed by atoms with van der Waals surface area (Å²) < 4.78 is 34.8. The van der Waals surface area contributed by atoms with Crippen LogP contribution >= 0.6 is 11.6 Å². The molecular weight excluding hydrogens is 422 g/mol. The third-order valence-electron chi connectivity index (χ3n) is 6.02. The van der Waals surface area contributed by atoms with Gasteiger partial charge < -0.3 is 9.47 Å². The first-order valence-electron chi connectivity index (χ1n) is 11.0. The lowest BCUT2D eigenvalue weighted by Gasteiger charge is -2.28. The standard InChI is InChI=1S/C25H29ClF2O3/c1-2-3-17-4-6-18(7-5-17)8-9-19-10-12-20(13-11-19)24(29)30-22-15-14-21(26)16-23(22)31-25(27)28/h10-18,25H,2-9H2,1H3. The molecule has 168 valence electrons. The number of benzene rings is 2. The molecule has 0 unspecified atom stereocenters. The minimum atomic E-state index is -3.04. The van der Waals surface area contributed by atoms with Crippen molar-refractivity contribution in [2.75, 3.05) is 0 Å². The third-order valence-corrected chi connectivity index (χ3v) is 6.25. The van der Waals surface area contributed by atoms with E-state index in [0.717, 1.165) is 18.3 Å². The number of rotatable bonds is 9. The van der Waals surface area contributed by atoms with Crippen molar-refractivity contribution in [1.82, 2.24) is 0 Å². The summed E-state index contributed by atoms with van der Waals surface area (Å²) in [5.74, 6) is 0.690. The number of carbonyl (C=O) groups excluding carboxylic acids is 1. The molecule has 0 atom stereocenters. The minimum Gasteiger partial charge on any atom is -0.431 e. The highest BCUT2D eigenvalue weighted by Crippen LogP contribution is 2.34. The molecule has 0 aromatic heterocycles. The Morgan fingerprint density at radius 1 is 1.00 bits per heavy atom. The van der Waals surface area contributed by atoms with Gasteiger partial charge in [0.05, 0.1) is 5.56 Å². The number of hydrogen-bond acceptors (Lipinski definition) is 3. The Balaban J connectivity index is 1.53. The molecule has 0 saturated heterocycles. The second kappa shape index (κ2) is 11.5. The summed E-state index contributed by atoms with van der Waals surface area (Å²) in [4.78, 5) is 12.4. The summed E-state index contributed by atoms with van der Waals surface area (Å²) in [5.41, 5.74) is 1.53. The highest BCUT2D eigenvalue weighted by Gasteiger charge is 2.20. The Labute approximate surface area is 187 Å². The van der Waals surface area contributed by atoms with Gasteiger partial charge in [0.2, 0.25) is 0 Å². The first-order chi connectivity index (χ1) is 14.9. The average Bonchev–Trinajstić information content (AvgIpc) is 2.75. The molecule has 1 fully saturated rings. The normalized spacial score (nSPS) is 18.7. The van der Waals surface area contributed by atoms with E-state index in [1.54, 1.807) is 12.1 Å². The Hall–Kier alpha value is -2.14. The van der Waals surface area contributed by atoms with E-state index in [0.29, 0.717) is 5.56 Å². The van der Waals surface area contributed by atoms with Crippen LogP contribution in [0.2, 0.25) is 5.02 Å². The summed E-state index contributed by atoms with van der Waals surface area (Å²) in [7, 11) is 0. The van der Waals surface area contributed by atoms with Gasteiger partial charge in [-0.2, -0.15) is 8.78 Å². The average molecular weight is 451 g/mol. The van der Waals surface area contributed by atoms with Crippen LogP contribution in [-0.2, 0) is 6.42 Å². The molecule has 2 aromatic rings. The number of esters is 1. The van der Waals surface area contributed by atoms with Crippen LogP contribution < -0.4 is 9.47 Å². The van der Waals surface area contributed by atoms with Crippen molar-refractivity contribution < 1.29 is 23.0 Å². The number of aryl methyl sites for hydroxylation is 1. The molecule has 6 heteroatoms. The van der Waals surface area contributed by atoms with E-state index in [1.165, 1.54) is 68.7 Å². The number of carbonyl (C=O) groups is 1. The van der Waals surface area contributed by atoms with Crippen molar-refractivity contribution in [2.45, 2.75) is 64.9 Å². The highest BCUT2D eigenvalue weighted by atomic mass is 35.5. The SMILES string of the molecule is CCCC1CCC(CCc2ccc(C(=O)Oc3ccc(Cl)cc3OC(F)F)cc2)CC1. The fraction of sp³-hybridized carbons (Fsp3) is 0.480. The lowest BCUT2D eigenvalue weighted by Crippen LogP contribution is -2.15. The van der Waals surface area contributed by atoms with Gasteiger partial charge in [-0.05, 0) is 54.5 Å². The molecule has 0 heterocycles. The zero-order valence-electron chi connectivity index (χ0n) is 17.8. The molecule has 0 spiro atoms. The van der Waals surface area contributed by atoms with Gasteiger partial charge in [-0.3, -0.25) is 0 Å². The summed E-state index contributed by atoms with van der Waals surface area (Å²) in [6.07, 6.45) is 10.1. The monoisotopic (exact) mass is 450 g/mol. The van der Waals surface area contributed by atoms with Gasteiger partial charge in [0.1, 0.15) is 0 Å². The topological polar surface area (TPSA) is 35.5 Å². The van der Waals surface area contributed by atoms with Crippen molar-refractivity contribution in [3.8, 4) is 11.5 Å². The van der Waals surface area contributed by atoms with E-state index in [-0.39, 0.29) is 16.5 Å². The Morgan fingerprint density at radius 2 is 1.65 bits per heavy atom. The van der Waals surface area contributed by atoms with Crippen LogP contribution in [0.1, 0.15) is 67.8 Å². The lowest BCUT2D eigenvalue weighted by molar-refractivity contribution is -0.0512. The summed E-state index contributed by atoms with van der Waals surface area (Å²) >= 11 is 5.81. The van der Waals surface area contributed by atoms with Gasteiger partial charge in [-0.15, -0.1) is 0 Å². The van der Waals surface area contributed by atoms with Crippen molar-refractivity contribution in [3.05, 3.63) is 58.6 Å². The van der Waals surface area contributed by atoms with Crippen LogP contribution in [0.25, 0.3) is 0 Å². The molecular formula is C25H29ClF2O3. The number of alkyl halides is 2. The van der Waals surface area contributed by atoms with E-state index in [9.17, 15) is 13.6 Å². The molecule has 1 saturated carbocycles. The number of halogens is 3. The highest BCUT2D eigenvalue weighted by molar-refractivity contribution is 6.30. The van der Waals surface area contributed by atoms with Gasteiger partial charge in [-0.1, -0.05) is 69.2 Å². The van der Waals surface area contributed by atoms with Crippen LogP contribution in [-0.4, -0.2) is 12.6 Å². The summed E-state index contributed by atoms with van der Waals surface area (Å²) in [6.45, 7) is -0.784. The Kier molecular flexibility index (Phi) is 8.70. The van der Waals surface area contributed by atoms with E-state index in [1.807, 2.05) is 12.1 Å². The maximum atomic E-state index is 12.6. The number of hydrogen-bond donors (Lipinski definition) is 0. The van der Waals surface area contributed by atoms with Crippen LogP contribution in [0.15, 0.2) is 42.5 Å². The molecule has 2 aromatic carbocycles. The molecule has 3 nitrogen and oxygen atoms in total. The van der Waals surface area contributed by atoms with Gasteiger partial charge in [0.15, 0.2) is 11.5 Å². The second-order valence-corrected chi connectivity index (χ2v) is 8.71. The van der Waals surface area contributed by atoms with Crippen LogP contribution in [0.5, 0.6) is 11.5 Å². The summed E-state index contributed by atoms with van der Waals surface area (Å²) in [5, 5.41) is 0.207. The zero-order chi connectivity index (χ0) is 22.2. The van der Waals surface area contributed by atoms with Crippen LogP contribution in [0, 0.1) is 11.8 Å². The zero-order valence-corrected chi connectivity index (χ0v) is 18.5. The fourth-order valence-electron chi connectivity index (χ4n) is 4.31. The van der Waals surface area contributed by atoms with Crippen LogP contribution in [0.3, 0.4) is 0 Å². The molecule has 0 N–H and O–H groups in total. The minimum absolute atomic E-state index is 0.0996. The second-order valence-electron chi connectivity index (χ2n) is 8.27. The number of ether oxygens (including phenoxy) is 2. The molecule has 1 aliphatic carbocycles. The summed E-state index contributed by atoms with van der Waals surface area (Å²) in [6, 6.07) is 11.2. The third kappa shape index (κ3) is 7.20. The smallest absolute Gasteiger partial charge is 0.387 e. The quantitative estimate of drug-likeness (QED) is 0.290. The van der Waals surface area contributed by atoms with Gasteiger partial charge in [-0.25, -0.2) is 4.79 Å². The first-order valence-corrected chi connectivity index (χ1v) is 11.4. The van der Waals surface area contributed by atoms with Crippen molar-refractivity contribution in [3.63, 3.8) is 0 Å². The van der Waals surface area contributed by atoms with Gasteiger partial charge >= 0.3 is 12.6 Å². The molecule has 31 heavy (non-hydrogen) atoms. The molecule has 3 rings (SSSR count). The van der Waals surface area contributed by atoms with Gasteiger partial charge in [0.25, 0.3) is 0 Å². The van der Waals surface area contributed by atoms with E-state index >= 15 is 0 Å². The van der Waals surface area contributed by atoms with E-state index < -0.39 is 12.6 Å². The molecule has 0 bridgehead atoms. The predicted molar refractivity (Wildman–Crippen MR) is 118 cm³/mol. The molecule has 0 aliphatic heterocycles. The lowest BCUT2D eigenvalue weighted by atomic mass is 9.78. The van der Waals surface area contributed by atoms with Gasteiger partial charge in [0, 0.05) is 11.1 Å². The molecule has 0 radical (unpaired) electrons. The van der Waals surface area contributed by atoms with Crippen molar-refractivity contribution >= 4 is 17.6 Å². The fourth-order valence-corrected chi connectivity index (χ4v) is 4.47. The van der Waals surface area contributed by atoms with Crippen molar-refractivity contribution in [2.24, 2.45) is 11.8 Å². The molecule has 1 aliphatic rings. The maximum Gasteiger partial charge on any atom is 0.387 e. The predicted octanol–water partition coefficient (Wildman–Crippen LogP) is 7.70. The Morgan fingerprint density at radius 3 is 2.26 bits per heavy atom. The van der Waals surface area contributed by atoms with E-state index in [2.05, 4.69) is 11.7 Å². The maximum absolute atomic E-state index is 12.6. The molecule has 0 amide bonds. The van der Waals surface area contributed by atoms with Crippen LogP contribution in [0.4, 0.5) is 8.78 Å². The first kappa shape index (κ1) is 23.5. The Bertz CT molecular complexity index is 846. The van der Waals surface area contributed by atoms with Crippen molar-refractivity contribution in [1.29, 1.82) is 0 Å².